The molecule has 0 saturated carbocycles. The minimum Gasteiger partial charge on any atom is -0.342 e. The number of halogens is 5. The number of anilines is 1. The Hall–Kier alpha value is -5.21. The van der Waals surface area contributed by atoms with Gasteiger partial charge in [-0.3, -0.25) is 9.59 Å². The first-order valence-electron chi connectivity index (χ1n) is 13.5. The lowest BCUT2D eigenvalue weighted by Crippen LogP contribution is -2.40. The molecule has 0 atom stereocenters. The molecule has 1 fully saturated rings. The van der Waals surface area contributed by atoms with E-state index in [1.165, 1.54) is 40.0 Å². The number of fused-ring (bicyclic) bond motifs is 1. The summed E-state index contributed by atoms with van der Waals surface area (Å²) in [6, 6.07) is 11.3. The quantitative estimate of drug-likeness (QED) is 0.206. The minimum atomic E-state index is -4.58. The van der Waals surface area contributed by atoms with E-state index in [1.54, 1.807) is 30.6 Å². The number of nitrogens with zero attached hydrogens (tertiary/aromatic N) is 7. The van der Waals surface area contributed by atoms with E-state index in [4.69, 9.17) is 0 Å². The minimum absolute atomic E-state index is 0.0576. The molecule has 1 aliphatic rings. The summed E-state index contributed by atoms with van der Waals surface area (Å²) in [6.07, 6.45) is -1.05. The SMILES string of the molecule is O=C(Nc1cn2nc(-c3c(-c4ccc(F)cc4)ncn3C3CCN(C(=O)CC(F)(F)F)CC3)ccc2n1)c1ccnc(F)c1. The summed E-state index contributed by atoms with van der Waals surface area (Å²) >= 11 is 0. The largest absolute Gasteiger partial charge is 0.397 e. The van der Waals surface area contributed by atoms with Gasteiger partial charge in [-0.1, -0.05) is 0 Å². The first-order chi connectivity index (χ1) is 21.0. The first kappa shape index (κ1) is 28.9. The highest BCUT2D eigenvalue weighted by Gasteiger charge is 2.35. The molecule has 15 heteroatoms. The molecule has 6 rings (SSSR count). The Morgan fingerprint density at radius 1 is 0.977 bits per heavy atom. The molecule has 0 unspecified atom stereocenters. The number of likely N-dealkylation sites (tertiary alicyclic amines) is 1. The molecule has 5 heterocycles. The maximum absolute atomic E-state index is 13.7. The van der Waals surface area contributed by atoms with Crippen molar-refractivity contribution in [3.63, 3.8) is 0 Å². The third-order valence-corrected chi connectivity index (χ3v) is 7.27. The molecule has 5 aromatic rings. The smallest absolute Gasteiger partial charge is 0.342 e. The number of benzene rings is 1. The van der Waals surface area contributed by atoms with Crippen LogP contribution < -0.4 is 5.32 Å². The maximum atomic E-state index is 13.7. The van der Waals surface area contributed by atoms with E-state index in [0.717, 1.165) is 6.07 Å². The monoisotopic (exact) mass is 610 g/mol. The summed E-state index contributed by atoms with van der Waals surface area (Å²) in [7, 11) is 0. The van der Waals surface area contributed by atoms with Gasteiger partial charge in [0.2, 0.25) is 11.9 Å². The number of carbonyl (C=O) groups excluding carboxylic acids is 2. The number of aromatic nitrogens is 6. The van der Waals surface area contributed by atoms with E-state index < -0.39 is 36.2 Å². The molecule has 44 heavy (non-hydrogen) atoms. The molecule has 2 amide bonds. The van der Waals surface area contributed by atoms with Crippen molar-refractivity contribution in [2.75, 3.05) is 18.4 Å². The summed E-state index contributed by atoms with van der Waals surface area (Å²) in [6.45, 7) is 0.281. The highest BCUT2D eigenvalue weighted by atomic mass is 19.4. The Kier molecular flexibility index (Phi) is 7.53. The predicted octanol–water partition coefficient (Wildman–Crippen LogP) is 5.30. The summed E-state index contributed by atoms with van der Waals surface area (Å²) in [5.74, 6) is -2.61. The van der Waals surface area contributed by atoms with Crippen LogP contribution in [0.1, 0.15) is 35.7 Å². The Morgan fingerprint density at radius 3 is 2.43 bits per heavy atom. The van der Waals surface area contributed by atoms with Crippen LogP contribution in [0.5, 0.6) is 0 Å². The lowest BCUT2D eigenvalue weighted by molar-refractivity contribution is -0.162. The van der Waals surface area contributed by atoms with Crippen molar-refractivity contribution in [2.24, 2.45) is 0 Å². The summed E-state index contributed by atoms with van der Waals surface area (Å²) < 4.78 is 68.8. The van der Waals surface area contributed by atoms with Crippen molar-refractivity contribution in [3.05, 3.63) is 84.6 Å². The topological polar surface area (TPSA) is 110 Å². The molecular formula is C29H23F5N8O2. The number of piperidine rings is 1. The molecule has 0 spiro atoms. The fraction of sp³-hybridized carbons (Fsp3) is 0.241. The van der Waals surface area contributed by atoms with Gasteiger partial charge in [0.05, 0.1) is 23.9 Å². The van der Waals surface area contributed by atoms with Crippen LogP contribution in [0.2, 0.25) is 0 Å². The molecular weight excluding hydrogens is 587 g/mol. The number of hydrogen-bond donors (Lipinski definition) is 1. The molecule has 1 aromatic carbocycles. The van der Waals surface area contributed by atoms with Gasteiger partial charge < -0.3 is 14.8 Å². The number of hydrogen-bond acceptors (Lipinski definition) is 6. The molecule has 226 valence electrons. The van der Waals surface area contributed by atoms with Crippen LogP contribution in [-0.2, 0) is 4.79 Å². The van der Waals surface area contributed by atoms with E-state index in [9.17, 15) is 31.5 Å². The van der Waals surface area contributed by atoms with Gasteiger partial charge >= 0.3 is 6.18 Å². The summed E-state index contributed by atoms with van der Waals surface area (Å²) in [5.41, 5.74) is 2.60. The van der Waals surface area contributed by atoms with E-state index >= 15 is 0 Å². The lowest BCUT2D eigenvalue weighted by Gasteiger charge is -2.33. The van der Waals surface area contributed by atoms with Crippen molar-refractivity contribution in [1.29, 1.82) is 0 Å². The highest BCUT2D eigenvalue weighted by Crippen LogP contribution is 2.36. The lowest BCUT2D eigenvalue weighted by atomic mass is 10.0. The van der Waals surface area contributed by atoms with Gasteiger partial charge in [0, 0.05) is 42.5 Å². The van der Waals surface area contributed by atoms with Crippen LogP contribution in [0, 0.1) is 11.8 Å². The van der Waals surface area contributed by atoms with Gasteiger partial charge in [-0.25, -0.2) is 23.9 Å². The Bertz CT molecular complexity index is 1840. The Morgan fingerprint density at radius 2 is 1.73 bits per heavy atom. The zero-order chi connectivity index (χ0) is 31.0. The number of nitrogens with one attached hydrogen (secondary N) is 1. The van der Waals surface area contributed by atoms with Crippen LogP contribution in [0.25, 0.3) is 28.3 Å². The normalized spacial score (nSPS) is 14.2. The summed E-state index contributed by atoms with van der Waals surface area (Å²) in [4.78, 5) is 38.3. The average molecular weight is 611 g/mol. The first-order valence-corrected chi connectivity index (χ1v) is 13.5. The van der Waals surface area contributed by atoms with E-state index in [2.05, 4.69) is 25.4 Å². The molecule has 1 aliphatic heterocycles. The second-order valence-corrected chi connectivity index (χ2v) is 10.2. The molecule has 0 aliphatic carbocycles. The molecule has 10 nitrogen and oxygen atoms in total. The van der Waals surface area contributed by atoms with Crippen LogP contribution in [0.3, 0.4) is 0 Å². The number of carbonyl (C=O) groups is 2. The summed E-state index contributed by atoms with van der Waals surface area (Å²) in [5, 5.41) is 7.28. The number of alkyl halides is 3. The van der Waals surface area contributed by atoms with E-state index in [0.29, 0.717) is 41.1 Å². The maximum Gasteiger partial charge on any atom is 0.397 e. The Labute approximate surface area is 246 Å². The van der Waals surface area contributed by atoms with Crippen LogP contribution in [-0.4, -0.2) is 65.1 Å². The molecule has 1 N–H and O–H groups in total. The predicted molar refractivity (Wildman–Crippen MR) is 147 cm³/mol. The third kappa shape index (κ3) is 6.11. The zero-order valence-corrected chi connectivity index (χ0v) is 22.8. The van der Waals surface area contributed by atoms with Crippen molar-refractivity contribution in [1.82, 2.24) is 34.0 Å². The average Bonchev–Trinajstić information content (AvgIpc) is 3.60. The molecule has 0 radical (unpaired) electrons. The van der Waals surface area contributed by atoms with Gasteiger partial charge in [-0.15, -0.1) is 0 Å². The van der Waals surface area contributed by atoms with E-state index in [-0.39, 0.29) is 30.5 Å². The Balaban J connectivity index is 1.31. The number of rotatable bonds is 6. The van der Waals surface area contributed by atoms with Crippen molar-refractivity contribution in [3.8, 4) is 22.6 Å². The standard InChI is InChI=1S/C29H23F5N8O2/c30-19-3-1-17(2-4-19)26-27(41(16-36-26)20-8-11-40(12-9-20)25(43)14-29(32,33)34)21-5-6-24-37-23(15-42(24)39-21)38-28(44)18-7-10-35-22(31)13-18/h1-7,10,13,15-16,20H,8-9,11-12,14H2,(H,38,44). The fourth-order valence-electron chi connectivity index (χ4n) is 5.19. The number of amides is 2. The molecule has 0 bridgehead atoms. The molecule has 4 aromatic heterocycles. The van der Waals surface area contributed by atoms with Gasteiger partial charge in [-0.2, -0.15) is 22.7 Å². The second-order valence-electron chi connectivity index (χ2n) is 10.2. The number of pyridine rings is 1. The van der Waals surface area contributed by atoms with Gasteiger partial charge in [-0.05, 0) is 55.3 Å². The van der Waals surface area contributed by atoms with Crippen LogP contribution in [0.4, 0.5) is 27.8 Å². The highest BCUT2D eigenvalue weighted by molar-refractivity contribution is 6.03. The number of imidazole rings is 2. The van der Waals surface area contributed by atoms with E-state index in [1.807, 2.05) is 4.57 Å². The van der Waals surface area contributed by atoms with Gasteiger partial charge in [0.25, 0.3) is 5.91 Å². The van der Waals surface area contributed by atoms with Crippen molar-refractivity contribution in [2.45, 2.75) is 31.5 Å². The van der Waals surface area contributed by atoms with Crippen LogP contribution in [0.15, 0.2) is 67.3 Å². The van der Waals surface area contributed by atoms with Gasteiger partial charge in [0.15, 0.2) is 11.5 Å². The fourth-order valence-corrected chi connectivity index (χ4v) is 5.19. The van der Waals surface area contributed by atoms with Crippen molar-refractivity contribution < 1.29 is 31.5 Å². The van der Waals surface area contributed by atoms with Crippen molar-refractivity contribution >= 4 is 23.3 Å². The third-order valence-electron chi connectivity index (χ3n) is 7.27. The van der Waals surface area contributed by atoms with Crippen LogP contribution >= 0.6 is 0 Å². The zero-order valence-electron chi connectivity index (χ0n) is 22.8. The second kappa shape index (κ2) is 11.5. The van der Waals surface area contributed by atoms with Gasteiger partial charge in [0.1, 0.15) is 17.9 Å². The molecule has 1 saturated heterocycles.